The van der Waals surface area contributed by atoms with Crippen LogP contribution in [0.3, 0.4) is 0 Å². The second-order valence-corrected chi connectivity index (χ2v) is 6.08. The van der Waals surface area contributed by atoms with Crippen LogP contribution in [0, 0.1) is 0 Å². The number of carbonyl (C=O) groups excluding carboxylic acids is 1. The van der Waals surface area contributed by atoms with Gasteiger partial charge in [0.25, 0.3) is 5.91 Å². The lowest BCUT2D eigenvalue weighted by Crippen LogP contribution is -2.30. The first-order valence-corrected chi connectivity index (χ1v) is 7.72. The van der Waals surface area contributed by atoms with E-state index in [1.54, 1.807) is 16.2 Å². The minimum Gasteiger partial charge on any atom is -0.331 e. The van der Waals surface area contributed by atoms with Crippen molar-refractivity contribution in [2.45, 2.75) is 25.1 Å². The Hall–Kier alpha value is -1.89. The van der Waals surface area contributed by atoms with Crippen LogP contribution >= 0.6 is 11.3 Å². The number of aromatic nitrogens is 1. The Kier molecular flexibility index (Phi) is 3.90. The molecule has 1 atom stereocenters. The first-order chi connectivity index (χ1) is 10.5. The quantitative estimate of drug-likeness (QED) is 0.831. The zero-order valence-corrected chi connectivity index (χ0v) is 12.3. The summed E-state index contributed by atoms with van der Waals surface area (Å²) < 4.78 is 37.5. The summed E-state index contributed by atoms with van der Waals surface area (Å²) in [4.78, 5) is 18.7. The highest BCUT2D eigenvalue weighted by Gasteiger charge is 2.34. The summed E-state index contributed by atoms with van der Waals surface area (Å²) in [5, 5.41) is 1.95. The molecule has 22 heavy (non-hydrogen) atoms. The van der Waals surface area contributed by atoms with Crippen molar-refractivity contribution >= 4 is 17.2 Å². The van der Waals surface area contributed by atoms with E-state index in [-0.39, 0.29) is 17.5 Å². The van der Waals surface area contributed by atoms with Crippen molar-refractivity contribution in [3.63, 3.8) is 0 Å². The maximum absolute atomic E-state index is 12.5. The van der Waals surface area contributed by atoms with Crippen molar-refractivity contribution in [2.24, 2.45) is 0 Å². The largest absolute Gasteiger partial charge is 0.433 e. The molecular formula is C15H13F3N2OS. The molecule has 3 heterocycles. The highest BCUT2D eigenvalue weighted by Crippen LogP contribution is 2.35. The van der Waals surface area contributed by atoms with E-state index in [1.807, 2.05) is 17.5 Å². The third-order valence-electron chi connectivity index (χ3n) is 3.69. The SMILES string of the molecule is O=C(c1ccc(C(F)(F)F)nc1)N1CCC[C@@H]1c1cccs1. The normalized spacial score (nSPS) is 18.7. The summed E-state index contributed by atoms with van der Waals surface area (Å²) in [6.07, 6.45) is -1.72. The zero-order chi connectivity index (χ0) is 15.7. The fraction of sp³-hybridized carbons (Fsp3) is 0.333. The maximum Gasteiger partial charge on any atom is 0.433 e. The van der Waals surface area contributed by atoms with Crippen LogP contribution in [0.4, 0.5) is 13.2 Å². The van der Waals surface area contributed by atoms with Gasteiger partial charge in [-0.05, 0) is 36.4 Å². The molecular weight excluding hydrogens is 313 g/mol. The molecule has 3 nitrogen and oxygen atoms in total. The molecule has 1 fully saturated rings. The summed E-state index contributed by atoms with van der Waals surface area (Å²) >= 11 is 1.58. The molecule has 0 unspecified atom stereocenters. The number of alkyl halides is 3. The van der Waals surface area contributed by atoms with Gasteiger partial charge in [-0.15, -0.1) is 11.3 Å². The molecule has 0 saturated carbocycles. The number of halogens is 3. The Labute approximate surface area is 129 Å². The molecule has 1 amide bonds. The van der Waals surface area contributed by atoms with Gasteiger partial charge in [-0.1, -0.05) is 6.07 Å². The van der Waals surface area contributed by atoms with Crippen LogP contribution in [0.5, 0.6) is 0 Å². The van der Waals surface area contributed by atoms with Crippen LogP contribution in [0.15, 0.2) is 35.8 Å². The molecule has 0 aliphatic carbocycles. The number of hydrogen-bond acceptors (Lipinski definition) is 3. The fourth-order valence-electron chi connectivity index (χ4n) is 2.64. The molecule has 1 aliphatic heterocycles. The van der Waals surface area contributed by atoms with Crippen LogP contribution in [-0.4, -0.2) is 22.3 Å². The predicted molar refractivity (Wildman–Crippen MR) is 76.6 cm³/mol. The zero-order valence-electron chi connectivity index (χ0n) is 11.5. The van der Waals surface area contributed by atoms with Gasteiger partial charge in [0.15, 0.2) is 0 Å². The third kappa shape index (κ3) is 2.85. The Morgan fingerprint density at radius 2 is 2.14 bits per heavy atom. The van der Waals surface area contributed by atoms with Gasteiger partial charge in [0.2, 0.25) is 0 Å². The highest BCUT2D eigenvalue weighted by molar-refractivity contribution is 7.10. The number of carbonyl (C=O) groups is 1. The van der Waals surface area contributed by atoms with E-state index < -0.39 is 11.9 Å². The predicted octanol–water partition coefficient (Wildman–Crippen LogP) is 4.14. The van der Waals surface area contributed by atoms with E-state index in [0.717, 1.165) is 30.0 Å². The molecule has 0 radical (unpaired) electrons. The summed E-state index contributed by atoms with van der Waals surface area (Å²) in [5.41, 5.74) is -0.795. The summed E-state index contributed by atoms with van der Waals surface area (Å²) in [7, 11) is 0. The molecule has 116 valence electrons. The standard InChI is InChI=1S/C15H13F3N2OS/c16-15(17,18)13-6-5-10(9-19-13)14(21)20-7-1-3-11(20)12-4-2-8-22-12/h2,4-6,8-9,11H,1,3,7H2/t11-/m1/s1. The van der Waals surface area contributed by atoms with Gasteiger partial charge in [-0.25, -0.2) is 0 Å². The molecule has 0 aromatic carbocycles. The van der Waals surface area contributed by atoms with E-state index in [9.17, 15) is 18.0 Å². The Balaban J connectivity index is 1.81. The molecule has 7 heteroatoms. The summed E-state index contributed by atoms with van der Waals surface area (Å²) in [5.74, 6) is -0.267. The molecule has 1 aliphatic rings. The van der Waals surface area contributed by atoms with Gasteiger partial charge in [0.05, 0.1) is 11.6 Å². The smallest absolute Gasteiger partial charge is 0.331 e. The van der Waals surface area contributed by atoms with Gasteiger partial charge >= 0.3 is 6.18 Å². The second-order valence-electron chi connectivity index (χ2n) is 5.10. The van der Waals surface area contributed by atoms with Gasteiger partial charge < -0.3 is 4.90 Å². The number of amides is 1. The maximum atomic E-state index is 12.5. The van der Waals surface area contributed by atoms with Crippen molar-refractivity contribution in [3.8, 4) is 0 Å². The van der Waals surface area contributed by atoms with Crippen molar-refractivity contribution in [1.82, 2.24) is 9.88 Å². The molecule has 2 aromatic heterocycles. The van der Waals surface area contributed by atoms with E-state index in [4.69, 9.17) is 0 Å². The van der Waals surface area contributed by atoms with Gasteiger partial charge in [-0.3, -0.25) is 9.78 Å². The van der Waals surface area contributed by atoms with Crippen molar-refractivity contribution < 1.29 is 18.0 Å². The molecule has 3 rings (SSSR count). The Morgan fingerprint density at radius 1 is 1.32 bits per heavy atom. The van der Waals surface area contributed by atoms with Crippen molar-refractivity contribution in [1.29, 1.82) is 0 Å². The Bertz CT molecular complexity index is 652. The summed E-state index contributed by atoms with van der Waals surface area (Å²) in [6, 6.07) is 5.97. The highest BCUT2D eigenvalue weighted by atomic mass is 32.1. The van der Waals surface area contributed by atoms with E-state index >= 15 is 0 Å². The topological polar surface area (TPSA) is 33.2 Å². The number of hydrogen-bond donors (Lipinski definition) is 0. The third-order valence-corrected chi connectivity index (χ3v) is 4.66. The van der Waals surface area contributed by atoms with Gasteiger partial charge in [0.1, 0.15) is 5.69 Å². The van der Waals surface area contributed by atoms with Crippen LogP contribution < -0.4 is 0 Å². The molecule has 0 spiro atoms. The van der Waals surface area contributed by atoms with Crippen LogP contribution in [0.1, 0.15) is 39.8 Å². The average Bonchev–Trinajstić information content (AvgIpc) is 3.16. The first kappa shape index (κ1) is 15.0. The van der Waals surface area contributed by atoms with E-state index in [0.29, 0.717) is 6.54 Å². The molecule has 0 bridgehead atoms. The fourth-order valence-corrected chi connectivity index (χ4v) is 3.51. The second kappa shape index (κ2) is 5.72. The van der Waals surface area contributed by atoms with E-state index in [1.165, 1.54) is 6.07 Å². The van der Waals surface area contributed by atoms with Crippen LogP contribution in [-0.2, 0) is 6.18 Å². The summed E-state index contributed by atoms with van der Waals surface area (Å²) in [6.45, 7) is 0.614. The minimum atomic E-state index is -4.49. The molecule has 2 aromatic rings. The lowest BCUT2D eigenvalue weighted by Gasteiger charge is -2.24. The number of nitrogens with zero attached hydrogens (tertiary/aromatic N) is 2. The average molecular weight is 326 g/mol. The minimum absolute atomic E-state index is 0.00907. The number of likely N-dealkylation sites (tertiary alicyclic amines) is 1. The lowest BCUT2D eigenvalue weighted by molar-refractivity contribution is -0.141. The van der Waals surface area contributed by atoms with Crippen molar-refractivity contribution in [2.75, 3.05) is 6.54 Å². The van der Waals surface area contributed by atoms with Crippen LogP contribution in [0.25, 0.3) is 0 Å². The number of rotatable bonds is 2. The molecule has 0 N–H and O–H groups in total. The van der Waals surface area contributed by atoms with Crippen LogP contribution in [0.2, 0.25) is 0 Å². The van der Waals surface area contributed by atoms with E-state index in [2.05, 4.69) is 4.98 Å². The molecule has 1 saturated heterocycles. The number of thiophene rings is 1. The number of pyridine rings is 1. The van der Waals surface area contributed by atoms with Gasteiger partial charge in [0, 0.05) is 17.6 Å². The lowest BCUT2D eigenvalue weighted by atomic mass is 10.1. The van der Waals surface area contributed by atoms with Crippen molar-refractivity contribution in [3.05, 3.63) is 52.0 Å². The monoisotopic (exact) mass is 326 g/mol. The Morgan fingerprint density at radius 3 is 2.73 bits per heavy atom. The first-order valence-electron chi connectivity index (χ1n) is 6.84. The van der Waals surface area contributed by atoms with Gasteiger partial charge in [-0.2, -0.15) is 13.2 Å².